The van der Waals surface area contributed by atoms with Gasteiger partial charge in [-0.2, -0.15) is 0 Å². The van der Waals surface area contributed by atoms with E-state index in [1.165, 1.54) is 0 Å². The molecule has 3 rings (SSSR count). The number of nitrogens with zero attached hydrogens (tertiary/aromatic N) is 1. The van der Waals surface area contributed by atoms with Crippen molar-refractivity contribution in [3.63, 3.8) is 0 Å². The van der Waals surface area contributed by atoms with Gasteiger partial charge in [0.25, 0.3) is 5.91 Å². The van der Waals surface area contributed by atoms with Gasteiger partial charge in [-0.05, 0) is 36.7 Å². The fourth-order valence-corrected chi connectivity index (χ4v) is 3.04. The third-order valence-corrected chi connectivity index (χ3v) is 4.10. The summed E-state index contributed by atoms with van der Waals surface area (Å²) in [5.41, 5.74) is 0.817. The maximum Gasteiger partial charge on any atom is 0.254 e. The third kappa shape index (κ3) is 2.29. The maximum atomic E-state index is 12.9. The highest BCUT2D eigenvalue weighted by Gasteiger charge is 2.26. The Labute approximate surface area is 119 Å². The fraction of sp³-hybridized carbons (Fsp3) is 0.353. The number of hydrogen-bond donors (Lipinski definition) is 1. The third-order valence-electron chi connectivity index (χ3n) is 4.10. The van der Waals surface area contributed by atoms with Crippen LogP contribution in [0.15, 0.2) is 42.5 Å². The molecule has 1 amide bonds. The normalized spacial score (nSPS) is 18.4. The molecule has 0 bridgehead atoms. The molecular weight excluding hydrogens is 248 g/mol. The minimum absolute atomic E-state index is 0.151. The Morgan fingerprint density at radius 3 is 2.80 bits per heavy atom. The maximum absolute atomic E-state index is 12.9. The van der Waals surface area contributed by atoms with Gasteiger partial charge in [-0.1, -0.05) is 36.4 Å². The molecular formula is C17H20N2O. The highest BCUT2D eigenvalue weighted by molar-refractivity contribution is 6.07. The van der Waals surface area contributed by atoms with E-state index in [1.54, 1.807) is 0 Å². The number of carbonyl (C=O) groups is 1. The van der Waals surface area contributed by atoms with Crippen molar-refractivity contribution in [2.75, 3.05) is 19.6 Å². The standard InChI is InChI=1S/C17H20N2O/c1-2-19(14-10-11-18-12-14)17(20)16-9-5-7-13-6-3-4-8-15(13)16/h3-9,14,18H,2,10-12H2,1H3. The van der Waals surface area contributed by atoms with Gasteiger partial charge in [-0.25, -0.2) is 0 Å². The van der Waals surface area contributed by atoms with Crippen LogP contribution >= 0.6 is 0 Å². The first kappa shape index (κ1) is 13.1. The van der Waals surface area contributed by atoms with Gasteiger partial charge in [-0.15, -0.1) is 0 Å². The number of benzene rings is 2. The zero-order valence-corrected chi connectivity index (χ0v) is 11.8. The van der Waals surface area contributed by atoms with Crippen LogP contribution in [0.2, 0.25) is 0 Å². The molecule has 1 N–H and O–H groups in total. The van der Waals surface area contributed by atoms with Crippen molar-refractivity contribution in [1.29, 1.82) is 0 Å². The van der Waals surface area contributed by atoms with E-state index in [1.807, 2.05) is 35.2 Å². The second-order valence-corrected chi connectivity index (χ2v) is 5.26. The smallest absolute Gasteiger partial charge is 0.254 e. The van der Waals surface area contributed by atoms with Gasteiger partial charge in [0, 0.05) is 24.7 Å². The lowest BCUT2D eigenvalue weighted by Crippen LogP contribution is -2.41. The van der Waals surface area contributed by atoms with Gasteiger partial charge in [-0.3, -0.25) is 4.79 Å². The molecule has 104 valence electrons. The Morgan fingerprint density at radius 2 is 2.05 bits per heavy atom. The topological polar surface area (TPSA) is 32.3 Å². The van der Waals surface area contributed by atoms with Crippen molar-refractivity contribution in [3.05, 3.63) is 48.0 Å². The summed E-state index contributed by atoms with van der Waals surface area (Å²) in [5, 5.41) is 5.51. The van der Waals surface area contributed by atoms with Crippen LogP contribution < -0.4 is 5.32 Å². The SMILES string of the molecule is CCN(C(=O)c1cccc2ccccc12)C1CCNC1. The van der Waals surface area contributed by atoms with Crippen LogP contribution in [0.3, 0.4) is 0 Å². The average Bonchev–Trinajstić information content (AvgIpc) is 3.01. The van der Waals surface area contributed by atoms with Gasteiger partial charge in [0.15, 0.2) is 0 Å². The van der Waals surface area contributed by atoms with Gasteiger partial charge in [0.1, 0.15) is 0 Å². The summed E-state index contributed by atoms with van der Waals surface area (Å²) in [7, 11) is 0. The number of nitrogens with one attached hydrogen (secondary N) is 1. The molecule has 2 aromatic carbocycles. The van der Waals surface area contributed by atoms with Crippen LogP contribution in [0.5, 0.6) is 0 Å². The Kier molecular flexibility index (Phi) is 3.70. The molecule has 0 spiro atoms. The zero-order valence-electron chi connectivity index (χ0n) is 11.8. The number of likely N-dealkylation sites (N-methyl/N-ethyl adjacent to an activating group) is 1. The van der Waals surface area contributed by atoms with Crippen molar-refractivity contribution in [3.8, 4) is 0 Å². The summed E-state index contributed by atoms with van der Waals surface area (Å²) in [4.78, 5) is 14.9. The number of amides is 1. The van der Waals surface area contributed by atoms with Crippen molar-refractivity contribution >= 4 is 16.7 Å². The highest BCUT2D eigenvalue weighted by atomic mass is 16.2. The minimum Gasteiger partial charge on any atom is -0.335 e. The molecule has 20 heavy (non-hydrogen) atoms. The van der Waals surface area contributed by atoms with E-state index in [0.29, 0.717) is 6.04 Å². The van der Waals surface area contributed by atoms with Gasteiger partial charge in [0.2, 0.25) is 0 Å². The van der Waals surface area contributed by atoms with Crippen LogP contribution in [0, 0.1) is 0 Å². The highest BCUT2D eigenvalue weighted by Crippen LogP contribution is 2.21. The predicted octanol–water partition coefficient (Wildman–Crippen LogP) is 2.66. The molecule has 3 nitrogen and oxygen atoms in total. The van der Waals surface area contributed by atoms with E-state index in [2.05, 4.69) is 24.4 Å². The lowest BCUT2D eigenvalue weighted by Gasteiger charge is -2.27. The average molecular weight is 268 g/mol. The molecule has 1 aliphatic heterocycles. The van der Waals surface area contributed by atoms with Crippen LogP contribution in [-0.2, 0) is 0 Å². The molecule has 1 aliphatic rings. The summed E-state index contributed by atoms with van der Waals surface area (Å²) in [5.74, 6) is 0.151. The fourth-order valence-electron chi connectivity index (χ4n) is 3.04. The summed E-state index contributed by atoms with van der Waals surface area (Å²) in [6.45, 7) is 4.73. The Hall–Kier alpha value is -1.87. The predicted molar refractivity (Wildman–Crippen MR) is 81.9 cm³/mol. The molecule has 2 aromatic rings. The van der Waals surface area contributed by atoms with Crippen molar-refractivity contribution in [1.82, 2.24) is 10.2 Å². The molecule has 1 unspecified atom stereocenters. The molecule has 1 fully saturated rings. The van der Waals surface area contributed by atoms with Crippen molar-refractivity contribution in [2.45, 2.75) is 19.4 Å². The molecule has 0 aromatic heterocycles. The van der Waals surface area contributed by atoms with Crippen LogP contribution in [0.4, 0.5) is 0 Å². The lowest BCUT2D eigenvalue weighted by molar-refractivity contribution is 0.0706. The monoisotopic (exact) mass is 268 g/mol. The second kappa shape index (κ2) is 5.63. The Balaban J connectivity index is 1.98. The second-order valence-electron chi connectivity index (χ2n) is 5.26. The van der Waals surface area contributed by atoms with Gasteiger partial charge >= 0.3 is 0 Å². The first-order valence-electron chi connectivity index (χ1n) is 7.30. The molecule has 0 radical (unpaired) electrons. The van der Waals surface area contributed by atoms with E-state index in [0.717, 1.165) is 42.4 Å². The van der Waals surface area contributed by atoms with E-state index >= 15 is 0 Å². The summed E-state index contributed by atoms with van der Waals surface area (Å²) in [6.07, 6.45) is 1.05. The number of fused-ring (bicyclic) bond motifs is 1. The Bertz CT molecular complexity index is 612. The largest absolute Gasteiger partial charge is 0.335 e. The van der Waals surface area contributed by atoms with Crippen LogP contribution in [0.1, 0.15) is 23.7 Å². The van der Waals surface area contributed by atoms with E-state index < -0.39 is 0 Å². The van der Waals surface area contributed by atoms with Crippen LogP contribution in [-0.4, -0.2) is 36.5 Å². The molecule has 1 atom stereocenters. The zero-order chi connectivity index (χ0) is 13.9. The van der Waals surface area contributed by atoms with E-state index in [4.69, 9.17) is 0 Å². The molecule has 0 saturated carbocycles. The van der Waals surface area contributed by atoms with E-state index in [9.17, 15) is 4.79 Å². The first-order chi connectivity index (χ1) is 9.81. The molecule has 1 heterocycles. The number of carbonyl (C=O) groups excluding carboxylic acids is 1. The molecule has 1 saturated heterocycles. The Morgan fingerprint density at radius 1 is 1.25 bits per heavy atom. The number of hydrogen-bond acceptors (Lipinski definition) is 2. The lowest BCUT2D eigenvalue weighted by atomic mass is 10.0. The summed E-state index contributed by atoms with van der Waals surface area (Å²) in [6, 6.07) is 14.4. The molecule has 0 aliphatic carbocycles. The van der Waals surface area contributed by atoms with Crippen molar-refractivity contribution in [2.24, 2.45) is 0 Å². The quantitative estimate of drug-likeness (QED) is 0.928. The number of rotatable bonds is 3. The van der Waals surface area contributed by atoms with Gasteiger partial charge in [0.05, 0.1) is 0 Å². The summed E-state index contributed by atoms with van der Waals surface area (Å²) >= 11 is 0. The first-order valence-corrected chi connectivity index (χ1v) is 7.30. The van der Waals surface area contributed by atoms with E-state index in [-0.39, 0.29) is 5.91 Å². The van der Waals surface area contributed by atoms with Gasteiger partial charge < -0.3 is 10.2 Å². The minimum atomic E-state index is 0.151. The summed E-state index contributed by atoms with van der Waals surface area (Å²) < 4.78 is 0. The van der Waals surface area contributed by atoms with Crippen molar-refractivity contribution < 1.29 is 4.79 Å². The van der Waals surface area contributed by atoms with Crippen LogP contribution in [0.25, 0.3) is 10.8 Å². The molecule has 3 heteroatoms.